The van der Waals surface area contributed by atoms with Gasteiger partial charge in [0.2, 0.25) is 10.0 Å². The lowest BCUT2D eigenvalue weighted by molar-refractivity contribution is 0.146. The second-order valence-corrected chi connectivity index (χ2v) is 5.71. The van der Waals surface area contributed by atoms with Gasteiger partial charge in [-0.3, -0.25) is 0 Å². The SMILES string of the molecule is CCNc1ccccc1S(=O)(=O)NCCCOCC. The summed E-state index contributed by atoms with van der Waals surface area (Å²) in [7, 11) is -3.47. The minimum absolute atomic E-state index is 0.285. The third-order valence-corrected chi connectivity index (χ3v) is 4.02. The fourth-order valence-electron chi connectivity index (χ4n) is 1.64. The van der Waals surface area contributed by atoms with Gasteiger partial charge in [-0.25, -0.2) is 13.1 Å². The van der Waals surface area contributed by atoms with Gasteiger partial charge in [-0.05, 0) is 32.4 Å². The van der Waals surface area contributed by atoms with E-state index in [2.05, 4.69) is 10.0 Å². The fourth-order valence-corrected chi connectivity index (χ4v) is 2.90. The zero-order chi connectivity index (χ0) is 14.1. The van der Waals surface area contributed by atoms with Crippen LogP contribution in [0.3, 0.4) is 0 Å². The van der Waals surface area contributed by atoms with Crippen LogP contribution in [0, 0.1) is 0 Å². The molecule has 0 aliphatic rings. The molecule has 0 saturated heterocycles. The minimum Gasteiger partial charge on any atom is -0.384 e. The summed E-state index contributed by atoms with van der Waals surface area (Å²) in [4.78, 5) is 0.285. The molecule has 0 atom stereocenters. The highest BCUT2D eigenvalue weighted by molar-refractivity contribution is 7.89. The van der Waals surface area contributed by atoms with Crippen LogP contribution in [-0.4, -0.2) is 34.7 Å². The fraction of sp³-hybridized carbons (Fsp3) is 0.538. The highest BCUT2D eigenvalue weighted by atomic mass is 32.2. The number of nitrogens with one attached hydrogen (secondary N) is 2. The summed E-state index contributed by atoms with van der Waals surface area (Å²) in [6.07, 6.45) is 0.663. The number of sulfonamides is 1. The Hall–Kier alpha value is -1.11. The van der Waals surface area contributed by atoms with Gasteiger partial charge in [0.1, 0.15) is 4.90 Å². The van der Waals surface area contributed by atoms with Gasteiger partial charge in [0.05, 0.1) is 5.69 Å². The van der Waals surface area contributed by atoms with Crippen molar-refractivity contribution in [3.05, 3.63) is 24.3 Å². The van der Waals surface area contributed by atoms with Crippen LogP contribution in [0.5, 0.6) is 0 Å². The summed E-state index contributed by atoms with van der Waals surface area (Å²) in [6, 6.07) is 6.89. The molecule has 108 valence electrons. The summed E-state index contributed by atoms with van der Waals surface area (Å²) < 4.78 is 32.1. The molecule has 0 amide bonds. The lowest BCUT2D eigenvalue weighted by atomic mass is 10.3. The maximum Gasteiger partial charge on any atom is 0.242 e. The van der Waals surface area contributed by atoms with E-state index < -0.39 is 10.0 Å². The molecular weight excluding hydrogens is 264 g/mol. The Morgan fingerprint density at radius 3 is 2.63 bits per heavy atom. The average molecular weight is 286 g/mol. The van der Waals surface area contributed by atoms with E-state index in [0.29, 0.717) is 38.4 Å². The Labute approximate surface area is 115 Å². The van der Waals surface area contributed by atoms with E-state index in [4.69, 9.17) is 4.74 Å². The molecule has 1 aromatic carbocycles. The van der Waals surface area contributed by atoms with Gasteiger partial charge < -0.3 is 10.1 Å². The second-order valence-electron chi connectivity index (χ2n) is 3.97. The third kappa shape index (κ3) is 5.18. The second kappa shape index (κ2) is 8.14. The van der Waals surface area contributed by atoms with E-state index in [9.17, 15) is 8.42 Å². The number of hydrogen-bond donors (Lipinski definition) is 2. The van der Waals surface area contributed by atoms with Crippen molar-refractivity contribution < 1.29 is 13.2 Å². The number of rotatable bonds is 9. The number of ether oxygens (including phenoxy) is 1. The summed E-state index contributed by atoms with van der Waals surface area (Å²) in [5.41, 5.74) is 0.627. The van der Waals surface area contributed by atoms with E-state index in [1.165, 1.54) is 0 Å². The largest absolute Gasteiger partial charge is 0.384 e. The first kappa shape index (κ1) is 15.9. The highest BCUT2D eigenvalue weighted by Gasteiger charge is 2.16. The van der Waals surface area contributed by atoms with Crippen LogP contribution in [0.1, 0.15) is 20.3 Å². The van der Waals surface area contributed by atoms with Crippen molar-refractivity contribution >= 4 is 15.7 Å². The Morgan fingerprint density at radius 2 is 1.95 bits per heavy atom. The molecule has 0 unspecified atom stereocenters. The van der Waals surface area contributed by atoms with Crippen LogP contribution < -0.4 is 10.0 Å². The van der Waals surface area contributed by atoms with Crippen LogP contribution in [0.4, 0.5) is 5.69 Å². The Morgan fingerprint density at radius 1 is 1.21 bits per heavy atom. The molecule has 6 heteroatoms. The number of hydrogen-bond acceptors (Lipinski definition) is 4. The molecule has 19 heavy (non-hydrogen) atoms. The molecule has 0 radical (unpaired) electrons. The van der Waals surface area contributed by atoms with Crippen LogP contribution >= 0.6 is 0 Å². The molecule has 1 aromatic rings. The lowest BCUT2D eigenvalue weighted by Gasteiger charge is -2.12. The van der Waals surface area contributed by atoms with E-state index >= 15 is 0 Å². The number of para-hydroxylation sites is 1. The minimum atomic E-state index is -3.47. The molecule has 5 nitrogen and oxygen atoms in total. The van der Waals surface area contributed by atoms with Crippen LogP contribution in [-0.2, 0) is 14.8 Å². The molecule has 0 spiro atoms. The van der Waals surface area contributed by atoms with Crippen molar-refractivity contribution in [1.29, 1.82) is 0 Å². The highest BCUT2D eigenvalue weighted by Crippen LogP contribution is 2.20. The summed E-state index contributed by atoms with van der Waals surface area (Å²) in [5, 5.41) is 3.05. The van der Waals surface area contributed by atoms with Gasteiger partial charge in [0, 0.05) is 26.3 Å². The van der Waals surface area contributed by atoms with Gasteiger partial charge in [-0.15, -0.1) is 0 Å². The molecule has 0 aliphatic carbocycles. The first-order chi connectivity index (χ1) is 9.11. The standard InChI is InChI=1S/C13H22N2O3S/c1-3-14-12-8-5-6-9-13(12)19(16,17)15-10-7-11-18-4-2/h5-6,8-9,14-15H,3-4,7,10-11H2,1-2H3. The van der Waals surface area contributed by atoms with Crippen LogP contribution in [0.15, 0.2) is 29.2 Å². The molecule has 0 saturated carbocycles. The van der Waals surface area contributed by atoms with Crippen LogP contribution in [0.25, 0.3) is 0 Å². The number of benzene rings is 1. The Kier molecular flexibility index (Phi) is 6.83. The van der Waals surface area contributed by atoms with Crippen LogP contribution in [0.2, 0.25) is 0 Å². The predicted molar refractivity (Wildman–Crippen MR) is 76.9 cm³/mol. The van der Waals surface area contributed by atoms with Gasteiger partial charge in [0.15, 0.2) is 0 Å². The van der Waals surface area contributed by atoms with E-state index in [1.54, 1.807) is 18.2 Å². The molecule has 0 aromatic heterocycles. The topological polar surface area (TPSA) is 67.4 Å². The lowest BCUT2D eigenvalue weighted by Crippen LogP contribution is -2.26. The quantitative estimate of drug-likeness (QED) is 0.680. The number of anilines is 1. The van der Waals surface area contributed by atoms with E-state index in [1.807, 2.05) is 19.9 Å². The zero-order valence-electron chi connectivity index (χ0n) is 11.5. The Balaban J connectivity index is 2.66. The monoisotopic (exact) mass is 286 g/mol. The maximum absolute atomic E-state index is 12.2. The molecule has 1 rings (SSSR count). The first-order valence-electron chi connectivity index (χ1n) is 6.52. The smallest absolute Gasteiger partial charge is 0.242 e. The predicted octanol–water partition coefficient (Wildman–Crippen LogP) is 1.82. The van der Waals surface area contributed by atoms with Crippen molar-refractivity contribution in [2.75, 3.05) is 31.6 Å². The summed E-state index contributed by atoms with van der Waals surface area (Å²) >= 11 is 0. The van der Waals surface area contributed by atoms with Gasteiger partial charge in [-0.1, -0.05) is 12.1 Å². The van der Waals surface area contributed by atoms with E-state index in [0.717, 1.165) is 0 Å². The maximum atomic E-state index is 12.2. The average Bonchev–Trinajstić information content (AvgIpc) is 2.39. The van der Waals surface area contributed by atoms with E-state index in [-0.39, 0.29) is 4.90 Å². The molecule has 0 fully saturated rings. The van der Waals surface area contributed by atoms with Crippen molar-refractivity contribution in [1.82, 2.24) is 4.72 Å². The first-order valence-corrected chi connectivity index (χ1v) is 8.00. The van der Waals surface area contributed by atoms with Gasteiger partial charge in [-0.2, -0.15) is 0 Å². The van der Waals surface area contributed by atoms with Crippen molar-refractivity contribution in [2.24, 2.45) is 0 Å². The Bertz CT molecular complexity index is 475. The van der Waals surface area contributed by atoms with Crippen molar-refractivity contribution in [3.8, 4) is 0 Å². The van der Waals surface area contributed by atoms with Crippen molar-refractivity contribution in [3.63, 3.8) is 0 Å². The van der Waals surface area contributed by atoms with Crippen molar-refractivity contribution in [2.45, 2.75) is 25.2 Å². The van der Waals surface area contributed by atoms with Gasteiger partial charge in [0.25, 0.3) is 0 Å². The molecular formula is C13H22N2O3S. The molecule has 2 N–H and O–H groups in total. The third-order valence-electron chi connectivity index (χ3n) is 2.51. The summed E-state index contributed by atoms with van der Waals surface area (Å²) in [5.74, 6) is 0. The summed E-state index contributed by atoms with van der Waals surface area (Å²) in [6.45, 7) is 6.11. The molecule has 0 heterocycles. The normalized spacial score (nSPS) is 11.5. The van der Waals surface area contributed by atoms with Gasteiger partial charge >= 0.3 is 0 Å². The zero-order valence-corrected chi connectivity index (χ0v) is 12.3. The molecule has 0 aliphatic heterocycles. The molecule has 0 bridgehead atoms.